The fourth-order valence-electron chi connectivity index (χ4n) is 3.23. The number of piperidine rings is 1. The van der Waals surface area contributed by atoms with Gasteiger partial charge in [0, 0.05) is 38.9 Å². The number of nitrogens with zero attached hydrogens (tertiary/aromatic N) is 4. The maximum absolute atomic E-state index is 12.4. The number of fused-ring (bicyclic) bond motifs is 1. The van der Waals surface area contributed by atoms with Crippen LogP contribution < -0.4 is 5.32 Å². The molecule has 4 rings (SSSR count). The number of nitrogens with one attached hydrogen (secondary N) is 2. The third-order valence-corrected chi connectivity index (χ3v) is 4.55. The van der Waals surface area contributed by atoms with E-state index in [1.54, 1.807) is 6.33 Å². The Balaban J connectivity index is 1.27. The fraction of sp³-hybridized carbons (Fsp3) is 0.600. The van der Waals surface area contributed by atoms with Gasteiger partial charge in [-0.2, -0.15) is 0 Å². The first-order chi connectivity index (χ1) is 11.8. The summed E-state index contributed by atoms with van der Waals surface area (Å²) in [5.74, 6) is 0.350. The first kappa shape index (κ1) is 15.3. The number of rotatable bonds is 4. The normalized spacial score (nSPS) is 19.9. The number of H-pyrrole nitrogens is 1. The predicted molar refractivity (Wildman–Crippen MR) is 85.2 cm³/mol. The molecule has 9 nitrogen and oxygen atoms in total. The highest BCUT2D eigenvalue weighted by atomic mass is 16.7. The van der Waals surface area contributed by atoms with Crippen molar-refractivity contribution in [1.29, 1.82) is 0 Å². The zero-order valence-electron chi connectivity index (χ0n) is 13.3. The lowest BCUT2D eigenvalue weighted by molar-refractivity contribution is -0.187. The van der Waals surface area contributed by atoms with E-state index in [0.29, 0.717) is 50.7 Å². The Morgan fingerprint density at radius 2 is 2.04 bits per heavy atom. The van der Waals surface area contributed by atoms with Crippen LogP contribution in [-0.4, -0.2) is 69.4 Å². The molecular formula is C15H20N6O3. The summed E-state index contributed by atoms with van der Waals surface area (Å²) in [6, 6.07) is 0. The fourth-order valence-corrected chi connectivity index (χ4v) is 3.23. The zero-order valence-corrected chi connectivity index (χ0v) is 13.3. The number of anilines is 1. The summed E-state index contributed by atoms with van der Waals surface area (Å²) in [5.41, 5.74) is 1.36. The van der Waals surface area contributed by atoms with Gasteiger partial charge in [-0.1, -0.05) is 0 Å². The highest BCUT2D eigenvalue weighted by Gasteiger charge is 2.40. The molecule has 0 saturated carbocycles. The molecule has 24 heavy (non-hydrogen) atoms. The molecule has 2 fully saturated rings. The van der Waals surface area contributed by atoms with Gasteiger partial charge in [-0.15, -0.1) is 0 Å². The number of aromatic amines is 1. The number of carbonyl (C=O) groups excluding carboxylic acids is 1. The number of amides is 1. The second kappa shape index (κ2) is 6.33. The van der Waals surface area contributed by atoms with Crippen LogP contribution in [0.5, 0.6) is 0 Å². The Hall–Kier alpha value is -2.26. The monoisotopic (exact) mass is 332 g/mol. The van der Waals surface area contributed by atoms with Gasteiger partial charge >= 0.3 is 0 Å². The van der Waals surface area contributed by atoms with Gasteiger partial charge in [0.25, 0.3) is 0 Å². The van der Waals surface area contributed by atoms with E-state index >= 15 is 0 Å². The molecular weight excluding hydrogens is 312 g/mol. The Bertz CT molecular complexity index is 717. The number of likely N-dealkylation sites (tertiary alicyclic amines) is 1. The second-order valence-corrected chi connectivity index (χ2v) is 5.99. The summed E-state index contributed by atoms with van der Waals surface area (Å²) >= 11 is 0. The van der Waals surface area contributed by atoms with Gasteiger partial charge in [0.15, 0.2) is 17.3 Å². The molecule has 2 aromatic heterocycles. The van der Waals surface area contributed by atoms with Crippen molar-refractivity contribution < 1.29 is 14.3 Å². The van der Waals surface area contributed by atoms with Crippen LogP contribution in [-0.2, 0) is 14.3 Å². The van der Waals surface area contributed by atoms with Gasteiger partial charge in [-0.05, 0) is 0 Å². The summed E-state index contributed by atoms with van der Waals surface area (Å²) < 4.78 is 11.4. The van der Waals surface area contributed by atoms with Crippen LogP contribution >= 0.6 is 0 Å². The lowest BCUT2D eigenvalue weighted by Crippen LogP contribution is -2.47. The summed E-state index contributed by atoms with van der Waals surface area (Å²) in [4.78, 5) is 29.6. The zero-order chi connectivity index (χ0) is 16.4. The number of hydrogen-bond acceptors (Lipinski definition) is 7. The van der Waals surface area contributed by atoms with E-state index in [2.05, 4.69) is 25.3 Å². The molecule has 1 amide bonds. The number of aromatic nitrogens is 4. The van der Waals surface area contributed by atoms with Crippen LogP contribution in [0.2, 0.25) is 0 Å². The molecule has 0 unspecified atom stereocenters. The average molecular weight is 332 g/mol. The van der Waals surface area contributed by atoms with Crippen LogP contribution in [0.15, 0.2) is 12.7 Å². The lowest BCUT2D eigenvalue weighted by atomic mass is 10.0. The van der Waals surface area contributed by atoms with Gasteiger partial charge < -0.3 is 24.7 Å². The number of hydrogen-bond donors (Lipinski definition) is 2. The van der Waals surface area contributed by atoms with Crippen molar-refractivity contribution in [2.75, 3.05) is 38.2 Å². The Kier molecular flexibility index (Phi) is 4.03. The van der Waals surface area contributed by atoms with Gasteiger partial charge in [0.1, 0.15) is 11.8 Å². The van der Waals surface area contributed by atoms with Gasteiger partial charge in [-0.3, -0.25) is 4.79 Å². The predicted octanol–water partition coefficient (Wildman–Crippen LogP) is 0.520. The molecule has 1 spiro atoms. The van der Waals surface area contributed by atoms with Gasteiger partial charge in [0.05, 0.1) is 19.5 Å². The van der Waals surface area contributed by atoms with E-state index in [4.69, 9.17) is 9.47 Å². The van der Waals surface area contributed by atoms with Crippen molar-refractivity contribution >= 4 is 22.9 Å². The maximum atomic E-state index is 12.4. The van der Waals surface area contributed by atoms with Crippen molar-refractivity contribution in [2.45, 2.75) is 25.0 Å². The minimum absolute atomic E-state index is 0.130. The second-order valence-electron chi connectivity index (χ2n) is 5.99. The van der Waals surface area contributed by atoms with E-state index in [0.717, 1.165) is 18.4 Å². The van der Waals surface area contributed by atoms with Crippen LogP contribution in [0.1, 0.15) is 19.3 Å². The minimum Gasteiger partial charge on any atom is -0.368 e. The summed E-state index contributed by atoms with van der Waals surface area (Å²) in [6.45, 7) is 3.17. The molecule has 2 N–H and O–H groups in total. The number of imidazole rings is 1. The standard InChI is InChI=1S/C15H20N6O3/c22-11(21-5-2-15(3-6-21)23-7-8-24-15)1-4-16-13-12-14(18-9-17-12)20-10-19-13/h9-10H,1-8H2,(H2,16,17,18,19,20). The van der Waals surface area contributed by atoms with Gasteiger partial charge in [0.2, 0.25) is 5.91 Å². The first-order valence-electron chi connectivity index (χ1n) is 8.19. The number of ether oxygens (including phenoxy) is 2. The molecule has 0 aliphatic carbocycles. The third-order valence-electron chi connectivity index (χ3n) is 4.55. The van der Waals surface area contributed by atoms with Crippen LogP contribution in [0.25, 0.3) is 11.2 Å². The quantitative estimate of drug-likeness (QED) is 0.841. The van der Waals surface area contributed by atoms with Crippen LogP contribution in [0.3, 0.4) is 0 Å². The summed E-state index contributed by atoms with van der Waals surface area (Å²) in [6.07, 6.45) is 4.93. The minimum atomic E-state index is -0.442. The molecule has 0 radical (unpaired) electrons. The first-order valence-corrected chi connectivity index (χ1v) is 8.19. The molecule has 4 heterocycles. The molecule has 128 valence electrons. The molecule has 2 aliphatic rings. The van der Waals surface area contributed by atoms with Crippen molar-refractivity contribution in [3.8, 4) is 0 Å². The molecule has 0 aromatic carbocycles. The lowest BCUT2D eigenvalue weighted by Gasteiger charge is -2.37. The molecule has 0 atom stereocenters. The SMILES string of the molecule is O=C(CCNc1ncnc2nc[nH]c12)N1CCC2(CC1)OCCO2. The van der Waals surface area contributed by atoms with Crippen LogP contribution in [0, 0.1) is 0 Å². The van der Waals surface area contributed by atoms with Crippen LogP contribution in [0.4, 0.5) is 5.82 Å². The van der Waals surface area contributed by atoms with Gasteiger partial charge in [-0.25, -0.2) is 15.0 Å². The van der Waals surface area contributed by atoms with Crippen molar-refractivity contribution in [3.63, 3.8) is 0 Å². The topological polar surface area (TPSA) is 105 Å². The van der Waals surface area contributed by atoms with E-state index in [9.17, 15) is 4.79 Å². The molecule has 0 bridgehead atoms. The molecule has 9 heteroatoms. The average Bonchev–Trinajstić information content (AvgIpc) is 3.25. The third kappa shape index (κ3) is 2.92. The largest absolute Gasteiger partial charge is 0.368 e. The number of carbonyl (C=O) groups is 1. The highest BCUT2D eigenvalue weighted by molar-refractivity contribution is 5.82. The van der Waals surface area contributed by atoms with Crippen molar-refractivity contribution in [1.82, 2.24) is 24.8 Å². The Labute approximate surface area is 138 Å². The Morgan fingerprint density at radius 3 is 2.83 bits per heavy atom. The molecule has 2 aromatic rings. The highest BCUT2D eigenvalue weighted by Crippen LogP contribution is 2.31. The smallest absolute Gasteiger partial charge is 0.224 e. The van der Waals surface area contributed by atoms with Crippen molar-refractivity contribution in [2.24, 2.45) is 0 Å². The summed E-state index contributed by atoms with van der Waals surface area (Å²) in [5, 5.41) is 3.17. The van der Waals surface area contributed by atoms with Crippen molar-refractivity contribution in [3.05, 3.63) is 12.7 Å². The molecule has 2 aliphatic heterocycles. The van der Waals surface area contributed by atoms with E-state index < -0.39 is 5.79 Å². The van der Waals surface area contributed by atoms with E-state index in [1.165, 1.54) is 6.33 Å². The maximum Gasteiger partial charge on any atom is 0.224 e. The molecule has 2 saturated heterocycles. The summed E-state index contributed by atoms with van der Waals surface area (Å²) in [7, 11) is 0. The Morgan fingerprint density at radius 1 is 1.25 bits per heavy atom. The van der Waals surface area contributed by atoms with E-state index in [1.807, 2.05) is 4.90 Å². The van der Waals surface area contributed by atoms with E-state index in [-0.39, 0.29) is 5.91 Å².